The Kier molecular flexibility index (Phi) is 6.88. The van der Waals surface area contributed by atoms with Gasteiger partial charge in [0.25, 0.3) is 0 Å². The van der Waals surface area contributed by atoms with Gasteiger partial charge in [-0.1, -0.05) is 12.8 Å². The first-order valence-corrected chi connectivity index (χ1v) is 9.33. The van der Waals surface area contributed by atoms with Crippen molar-refractivity contribution >= 4 is 11.8 Å². The summed E-state index contributed by atoms with van der Waals surface area (Å²) in [6, 6.07) is 1.01. The molecular weight excluding hydrogens is 290 g/mol. The summed E-state index contributed by atoms with van der Waals surface area (Å²) in [4.78, 5) is 28.8. The van der Waals surface area contributed by atoms with Crippen LogP contribution in [0.3, 0.4) is 0 Å². The Labute approximate surface area is 140 Å². The molecule has 0 unspecified atom stereocenters. The SMILES string of the molecule is CCN(CC)C(=O)[C@@H]1CCC[C@@H](NC2CCC2)CN(C)C(=O)C1. The molecule has 1 aliphatic carbocycles. The zero-order valence-electron chi connectivity index (χ0n) is 15.0. The first-order chi connectivity index (χ1) is 11.0. The average Bonchev–Trinajstić information content (AvgIpc) is 2.55. The van der Waals surface area contributed by atoms with E-state index >= 15 is 0 Å². The van der Waals surface area contributed by atoms with Crippen molar-refractivity contribution in [1.82, 2.24) is 15.1 Å². The lowest BCUT2D eigenvalue weighted by molar-refractivity contribution is -0.140. The highest BCUT2D eigenvalue weighted by Gasteiger charge is 2.30. The van der Waals surface area contributed by atoms with Crippen molar-refractivity contribution in [3.05, 3.63) is 0 Å². The summed E-state index contributed by atoms with van der Waals surface area (Å²) in [5, 5.41) is 3.70. The first kappa shape index (κ1) is 18.2. The van der Waals surface area contributed by atoms with Crippen LogP contribution in [0.2, 0.25) is 0 Å². The van der Waals surface area contributed by atoms with Gasteiger partial charge in [0.05, 0.1) is 0 Å². The Morgan fingerprint density at radius 1 is 1.13 bits per heavy atom. The van der Waals surface area contributed by atoms with E-state index in [4.69, 9.17) is 0 Å². The predicted molar refractivity (Wildman–Crippen MR) is 92.1 cm³/mol. The third-order valence-corrected chi connectivity index (χ3v) is 5.45. The number of nitrogens with one attached hydrogen (secondary N) is 1. The smallest absolute Gasteiger partial charge is 0.226 e. The van der Waals surface area contributed by atoms with E-state index in [-0.39, 0.29) is 17.7 Å². The molecule has 2 amide bonds. The Morgan fingerprint density at radius 3 is 2.30 bits per heavy atom. The van der Waals surface area contributed by atoms with Gasteiger partial charge in [0.15, 0.2) is 0 Å². The van der Waals surface area contributed by atoms with Crippen molar-refractivity contribution in [2.75, 3.05) is 26.7 Å². The normalized spacial score (nSPS) is 26.9. The molecule has 2 rings (SSSR count). The lowest BCUT2D eigenvalue weighted by atomic mass is 9.91. The zero-order valence-corrected chi connectivity index (χ0v) is 15.0. The third kappa shape index (κ3) is 4.93. The summed E-state index contributed by atoms with van der Waals surface area (Å²) in [7, 11) is 1.88. The van der Waals surface area contributed by atoms with Crippen molar-refractivity contribution in [1.29, 1.82) is 0 Å². The lowest BCUT2D eigenvalue weighted by Gasteiger charge is -2.33. The number of hydrogen-bond donors (Lipinski definition) is 1. The predicted octanol–water partition coefficient (Wildman–Crippen LogP) is 2.01. The standard InChI is InChI=1S/C18H33N3O2/c1-4-21(5-2)18(23)14-8-6-11-16(19-15-9-7-10-15)13-20(3)17(22)12-14/h14-16,19H,4-13H2,1-3H3/t14-,16-/m1/s1. The summed E-state index contributed by atoms with van der Waals surface area (Å²) in [6.07, 6.45) is 7.10. The highest BCUT2D eigenvalue weighted by Crippen LogP contribution is 2.23. The lowest BCUT2D eigenvalue weighted by Crippen LogP contribution is -2.48. The van der Waals surface area contributed by atoms with E-state index in [1.54, 1.807) is 0 Å². The minimum absolute atomic E-state index is 0.109. The minimum Gasteiger partial charge on any atom is -0.344 e. The molecule has 2 aliphatic rings. The Bertz CT molecular complexity index is 405. The van der Waals surface area contributed by atoms with Crippen LogP contribution in [0.15, 0.2) is 0 Å². The van der Waals surface area contributed by atoms with Crippen LogP contribution in [-0.2, 0) is 9.59 Å². The van der Waals surface area contributed by atoms with Gasteiger partial charge in [-0.3, -0.25) is 9.59 Å². The molecule has 2 atom stereocenters. The summed E-state index contributed by atoms with van der Waals surface area (Å²) >= 11 is 0. The van der Waals surface area contributed by atoms with Gasteiger partial charge in [0, 0.05) is 51.1 Å². The monoisotopic (exact) mass is 323 g/mol. The van der Waals surface area contributed by atoms with Crippen LogP contribution in [0.4, 0.5) is 0 Å². The summed E-state index contributed by atoms with van der Waals surface area (Å²) in [5.74, 6) is 0.118. The Morgan fingerprint density at radius 2 is 1.74 bits per heavy atom. The summed E-state index contributed by atoms with van der Waals surface area (Å²) in [5.41, 5.74) is 0. The molecule has 0 aromatic heterocycles. The Hall–Kier alpha value is -1.10. The van der Waals surface area contributed by atoms with Crippen molar-refractivity contribution < 1.29 is 9.59 Å². The van der Waals surface area contributed by atoms with Gasteiger partial charge in [0.2, 0.25) is 11.8 Å². The molecule has 0 bridgehead atoms. The molecule has 1 saturated heterocycles. The van der Waals surface area contributed by atoms with E-state index in [2.05, 4.69) is 5.32 Å². The van der Waals surface area contributed by atoms with Crippen LogP contribution < -0.4 is 5.32 Å². The highest BCUT2D eigenvalue weighted by atomic mass is 16.2. The molecule has 5 nitrogen and oxygen atoms in total. The maximum absolute atomic E-state index is 12.6. The molecule has 23 heavy (non-hydrogen) atoms. The average molecular weight is 323 g/mol. The van der Waals surface area contributed by atoms with Crippen molar-refractivity contribution in [3.8, 4) is 0 Å². The van der Waals surface area contributed by atoms with Gasteiger partial charge in [-0.15, -0.1) is 0 Å². The van der Waals surface area contributed by atoms with Gasteiger partial charge in [0.1, 0.15) is 0 Å². The van der Waals surface area contributed by atoms with Crippen LogP contribution in [0.5, 0.6) is 0 Å². The largest absolute Gasteiger partial charge is 0.344 e. The van der Waals surface area contributed by atoms with E-state index < -0.39 is 0 Å². The van der Waals surface area contributed by atoms with E-state index in [1.807, 2.05) is 30.7 Å². The number of carbonyl (C=O) groups is 2. The van der Waals surface area contributed by atoms with Crippen LogP contribution in [-0.4, -0.2) is 60.4 Å². The molecule has 0 aromatic carbocycles. The first-order valence-electron chi connectivity index (χ1n) is 9.33. The van der Waals surface area contributed by atoms with Gasteiger partial charge in [-0.2, -0.15) is 0 Å². The molecule has 5 heteroatoms. The summed E-state index contributed by atoms with van der Waals surface area (Å²) < 4.78 is 0. The fraction of sp³-hybridized carbons (Fsp3) is 0.889. The minimum atomic E-state index is -0.146. The van der Waals surface area contributed by atoms with Gasteiger partial charge >= 0.3 is 0 Å². The van der Waals surface area contributed by atoms with Crippen LogP contribution in [0, 0.1) is 5.92 Å². The number of amides is 2. The fourth-order valence-electron chi connectivity index (χ4n) is 3.65. The second-order valence-corrected chi connectivity index (χ2v) is 7.11. The van der Waals surface area contributed by atoms with Crippen LogP contribution in [0.25, 0.3) is 0 Å². The maximum Gasteiger partial charge on any atom is 0.226 e. The number of likely N-dealkylation sites (N-methyl/N-ethyl adjacent to an activating group) is 1. The van der Waals surface area contributed by atoms with E-state index in [0.29, 0.717) is 18.5 Å². The van der Waals surface area contributed by atoms with Gasteiger partial charge < -0.3 is 15.1 Å². The molecule has 0 radical (unpaired) electrons. The number of carbonyl (C=O) groups excluding carboxylic acids is 2. The maximum atomic E-state index is 12.6. The van der Waals surface area contributed by atoms with Gasteiger partial charge in [-0.05, 0) is 39.5 Å². The summed E-state index contributed by atoms with van der Waals surface area (Å²) in [6.45, 7) is 6.22. The molecule has 0 aromatic rings. The quantitative estimate of drug-likeness (QED) is 0.842. The van der Waals surface area contributed by atoms with Crippen molar-refractivity contribution in [2.24, 2.45) is 5.92 Å². The fourth-order valence-corrected chi connectivity index (χ4v) is 3.65. The molecule has 1 aliphatic heterocycles. The van der Waals surface area contributed by atoms with E-state index in [1.165, 1.54) is 19.3 Å². The van der Waals surface area contributed by atoms with E-state index in [0.717, 1.165) is 38.9 Å². The van der Waals surface area contributed by atoms with E-state index in [9.17, 15) is 9.59 Å². The van der Waals surface area contributed by atoms with Crippen molar-refractivity contribution in [3.63, 3.8) is 0 Å². The highest BCUT2D eigenvalue weighted by molar-refractivity contribution is 5.85. The van der Waals surface area contributed by atoms with Crippen LogP contribution in [0.1, 0.15) is 58.8 Å². The molecular formula is C18H33N3O2. The molecule has 1 saturated carbocycles. The molecule has 1 N–H and O–H groups in total. The molecule has 0 spiro atoms. The molecule has 132 valence electrons. The number of hydrogen-bond acceptors (Lipinski definition) is 3. The number of rotatable bonds is 5. The topological polar surface area (TPSA) is 52.7 Å². The second-order valence-electron chi connectivity index (χ2n) is 7.11. The molecule has 2 fully saturated rings. The molecule has 1 heterocycles. The number of nitrogens with zero attached hydrogens (tertiary/aromatic N) is 2. The van der Waals surface area contributed by atoms with Crippen LogP contribution >= 0.6 is 0 Å². The third-order valence-electron chi connectivity index (χ3n) is 5.45. The zero-order chi connectivity index (χ0) is 16.8. The second kappa shape index (κ2) is 8.67. The Balaban J connectivity index is 1.98. The van der Waals surface area contributed by atoms with Gasteiger partial charge in [-0.25, -0.2) is 0 Å². The van der Waals surface area contributed by atoms with Crippen molar-refractivity contribution in [2.45, 2.75) is 70.9 Å².